The number of halogens is 2. The average Bonchev–Trinajstić information content (AvgIpc) is 3.01. The fourth-order valence-corrected chi connectivity index (χ4v) is 5.62. The Bertz CT molecular complexity index is 1390. The predicted molar refractivity (Wildman–Crippen MR) is 164 cm³/mol. The maximum atomic E-state index is 13.7. The monoisotopic (exact) mass is 629 g/mol. The number of hydrogen-bond donors (Lipinski definition) is 1. The van der Waals surface area contributed by atoms with E-state index < -0.39 is 24.5 Å². The maximum Gasteiger partial charge on any atom is 0.387 e. The lowest BCUT2D eigenvalue weighted by Crippen LogP contribution is -2.47. The first-order chi connectivity index (χ1) is 21.7. The molecule has 45 heavy (non-hydrogen) atoms. The molecule has 0 amide bonds. The zero-order valence-electron chi connectivity index (χ0n) is 26.1. The molecule has 2 aromatic carbocycles. The van der Waals surface area contributed by atoms with Crippen LogP contribution in [0.1, 0.15) is 32.3 Å². The van der Waals surface area contributed by atoms with E-state index >= 15 is 0 Å². The molecule has 1 saturated heterocycles. The Morgan fingerprint density at radius 3 is 2.09 bits per heavy atom. The summed E-state index contributed by atoms with van der Waals surface area (Å²) in [6.07, 6.45) is 0. The van der Waals surface area contributed by atoms with Crippen molar-refractivity contribution in [2.24, 2.45) is 0 Å². The van der Waals surface area contributed by atoms with Gasteiger partial charge in [-0.1, -0.05) is 30.3 Å². The summed E-state index contributed by atoms with van der Waals surface area (Å²) in [4.78, 5) is 31.5. The van der Waals surface area contributed by atoms with Crippen molar-refractivity contribution < 1.29 is 42.1 Å². The van der Waals surface area contributed by atoms with Crippen molar-refractivity contribution in [1.29, 1.82) is 0 Å². The first-order valence-corrected chi connectivity index (χ1v) is 15.0. The van der Waals surface area contributed by atoms with Crippen molar-refractivity contribution in [1.82, 2.24) is 10.2 Å². The van der Waals surface area contributed by atoms with Crippen molar-refractivity contribution >= 4 is 17.6 Å². The quantitative estimate of drug-likeness (QED) is 0.238. The summed E-state index contributed by atoms with van der Waals surface area (Å²) in [6, 6.07) is 14.1. The van der Waals surface area contributed by atoms with Gasteiger partial charge >= 0.3 is 18.6 Å². The topological polar surface area (TPSA) is 98.8 Å². The second-order valence-electron chi connectivity index (χ2n) is 10.5. The van der Waals surface area contributed by atoms with Crippen LogP contribution in [0.3, 0.4) is 0 Å². The van der Waals surface area contributed by atoms with E-state index in [1.807, 2.05) is 25.1 Å². The smallest absolute Gasteiger partial charge is 0.387 e. The van der Waals surface area contributed by atoms with E-state index in [9.17, 15) is 18.4 Å². The van der Waals surface area contributed by atoms with Crippen molar-refractivity contribution in [3.05, 3.63) is 76.6 Å². The first-order valence-electron chi connectivity index (χ1n) is 15.0. The zero-order chi connectivity index (χ0) is 32.3. The Hall–Kier alpha value is -4.16. The number of para-hydroxylation sites is 3. The predicted octanol–water partition coefficient (Wildman–Crippen LogP) is 4.48. The highest BCUT2D eigenvalue weighted by Crippen LogP contribution is 2.43. The Labute approximate surface area is 262 Å². The molecule has 1 N–H and O–H groups in total. The number of benzene rings is 2. The Kier molecular flexibility index (Phi) is 12.2. The van der Waals surface area contributed by atoms with Gasteiger partial charge in [-0.15, -0.1) is 0 Å². The van der Waals surface area contributed by atoms with Crippen LogP contribution in [-0.4, -0.2) is 89.7 Å². The molecule has 2 aliphatic heterocycles. The van der Waals surface area contributed by atoms with Crippen molar-refractivity contribution in [3.63, 3.8) is 0 Å². The number of nitrogens with one attached hydrogen (secondary N) is 1. The van der Waals surface area contributed by atoms with Gasteiger partial charge in [0.2, 0.25) is 0 Å². The van der Waals surface area contributed by atoms with E-state index in [0.717, 1.165) is 37.6 Å². The van der Waals surface area contributed by atoms with E-state index in [4.69, 9.17) is 23.7 Å². The third-order valence-electron chi connectivity index (χ3n) is 7.69. The van der Waals surface area contributed by atoms with Crippen LogP contribution in [0.4, 0.5) is 14.5 Å². The summed E-state index contributed by atoms with van der Waals surface area (Å²) in [7, 11) is 1.48. The highest BCUT2D eigenvalue weighted by atomic mass is 19.3. The minimum Gasteiger partial charge on any atom is -0.492 e. The maximum absolute atomic E-state index is 13.7. The average molecular weight is 630 g/mol. The number of piperazine rings is 1. The van der Waals surface area contributed by atoms with Crippen molar-refractivity contribution in [3.8, 4) is 11.5 Å². The van der Waals surface area contributed by atoms with E-state index in [2.05, 4.69) is 21.2 Å². The van der Waals surface area contributed by atoms with Gasteiger partial charge in [-0.3, -0.25) is 4.90 Å². The van der Waals surface area contributed by atoms with E-state index in [-0.39, 0.29) is 42.3 Å². The molecule has 4 rings (SSSR count). The standard InChI is InChI=1S/C33H41F2N3O7/c1-5-42-27-13-9-7-11-25(27)38-16-14-37(15-17-38)18-19-43-31(39)28-22(2)36-23(3)29(32(40)44-21-20-41-4)30(28)24-10-6-8-12-26(24)45-33(34)35/h6-13,30,33,36H,5,14-21H2,1-4H3. The number of ether oxygens (including phenoxy) is 5. The van der Waals surface area contributed by atoms with Crippen LogP contribution in [0.2, 0.25) is 0 Å². The molecule has 0 bridgehead atoms. The van der Waals surface area contributed by atoms with Gasteiger partial charge in [0, 0.05) is 56.8 Å². The second kappa shape index (κ2) is 16.2. The van der Waals surface area contributed by atoms with Gasteiger partial charge in [-0.05, 0) is 39.0 Å². The first kappa shape index (κ1) is 33.7. The molecule has 1 atom stereocenters. The van der Waals surface area contributed by atoms with Gasteiger partial charge in [0.1, 0.15) is 24.7 Å². The Morgan fingerprint density at radius 1 is 0.867 bits per heavy atom. The third kappa shape index (κ3) is 8.52. The molecule has 2 heterocycles. The minimum absolute atomic E-state index is 0.0268. The third-order valence-corrected chi connectivity index (χ3v) is 7.69. The Morgan fingerprint density at radius 2 is 1.47 bits per heavy atom. The number of rotatable bonds is 14. The molecule has 244 valence electrons. The van der Waals surface area contributed by atoms with Crippen LogP contribution in [0, 0.1) is 0 Å². The zero-order valence-corrected chi connectivity index (χ0v) is 26.1. The number of methoxy groups -OCH3 is 1. The number of carbonyl (C=O) groups excluding carboxylic acids is 2. The lowest BCUT2D eigenvalue weighted by Gasteiger charge is -2.36. The van der Waals surface area contributed by atoms with Crippen LogP contribution in [-0.2, 0) is 23.8 Å². The molecule has 2 aromatic rings. The molecule has 2 aliphatic rings. The molecule has 0 saturated carbocycles. The van der Waals surface area contributed by atoms with Gasteiger partial charge in [0.05, 0.1) is 36.0 Å². The molecule has 10 nitrogen and oxygen atoms in total. The van der Waals surface area contributed by atoms with Gasteiger partial charge in [0.25, 0.3) is 0 Å². The molecule has 0 aromatic heterocycles. The lowest BCUT2D eigenvalue weighted by molar-refractivity contribution is -0.141. The largest absolute Gasteiger partial charge is 0.492 e. The molecular weight excluding hydrogens is 588 g/mol. The summed E-state index contributed by atoms with van der Waals surface area (Å²) < 4.78 is 53.5. The molecule has 0 spiro atoms. The number of nitrogens with zero attached hydrogens (tertiary/aromatic N) is 2. The highest BCUT2D eigenvalue weighted by Gasteiger charge is 2.39. The number of anilines is 1. The van der Waals surface area contributed by atoms with E-state index in [1.165, 1.54) is 13.2 Å². The fourth-order valence-electron chi connectivity index (χ4n) is 5.62. The van der Waals surface area contributed by atoms with Gasteiger partial charge in [-0.25, -0.2) is 9.59 Å². The van der Waals surface area contributed by atoms with Crippen LogP contribution in [0.15, 0.2) is 71.1 Å². The SMILES string of the molecule is CCOc1ccccc1N1CCN(CCOC(=O)C2=C(C)NC(C)=C(C(=O)OCCOC)C2c2ccccc2OC(F)F)CC1. The highest BCUT2D eigenvalue weighted by molar-refractivity contribution is 6.00. The van der Waals surface area contributed by atoms with Gasteiger partial charge in [-0.2, -0.15) is 8.78 Å². The van der Waals surface area contributed by atoms with Crippen molar-refractivity contribution in [2.45, 2.75) is 33.3 Å². The number of carbonyl (C=O) groups is 2. The molecule has 1 unspecified atom stereocenters. The summed E-state index contributed by atoms with van der Waals surface area (Å²) >= 11 is 0. The van der Waals surface area contributed by atoms with E-state index in [0.29, 0.717) is 24.5 Å². The summed E-state index contributed by atoms with van der Waals surface area (Å²) in [5.41, 5.74) is 2.34. The van der Waals surface area contributed by atoms with Crippen LogP contribution in [0.25, 0.3) is 0 Å². The fraction of sp³-hybridized carbons (Fsp3) is 0.455. The van der Waals surface area contributed by atoms with Crippen LogP contribution < -0.4 is 19.7 Å². The number of alkyl halides is 2. The molecule has 1 fully saturated rings. The summed E-state index contributed by atoms with van der Waals surface area (Å²) in [6.45, 7) is 6.62. The van der Waals surface area contributed by atoms with Gasteiger partial charge in [0.15, 0.2) is 0 Å². The number of dihydropyridines is 1. The molecule has 12 heteroatoms. The normalized spacial score (nSPS) is 17.3. The minimum atomic E-state index is -3.11. The van der Waals surface area contributed by atoms with Gasteiger partial charge < -0.3 is 33.9 Å². The number of allylic oxidation sites excluding steroid dienone is 2. The van der Waals surface area contributed by atoms with Crippen molar-refractivity contribution in [2.75, 3.05) is 71.2 Å². The Balaban J connectivity index is 1.48. The summed E-state index contributed by atoms with van der Waals surface area (Å²) in [5, 5.41) is 3.08. The van der Waals surface area contributed by atoms with Crippen LogP contribution in [0.5, 0.6) is 11.5 Å². The van der Waals surface area contributed by atoms with E-state index in [1.54, 1.807) is 32.0 Å². The molecule has 0 radical (unpaired) electrons. The number of hydrogen-bond acceptors (Lipinski definition) is 10. The lowest BCUT2D eigenvalue weighted by atomic mass is 9.80. The molecular formula is C33H41F2N3O7. The number of esters is 2. The summed E-state index contributed by atoms with van der Waals surface area (Å²) in [5.74, 6) is -1.76. The second-order valence-corrected chi connectivity index (χ2v) is 10.5. The van der Waals surface area contributed by atoms with Crippen LogP contribution >= 0.6 is 0 Å². The molecule has 0 aliphatic carbocycles.